The number of rotatable bonds is 6. The number of imidazole rings is 1. The Balaban J connectivity index is 2.07. The summed E-state index contributed by atoms with van der Waals surface area (Å²) in [4.78, 5) is 26.1. The average Bonchev–Trinajstić information content (AvgIpc) is 2.81. The molecule has 5 nitrogen and oxygen atoms in total. The molecule has 20 heavy (non-hydrogen) atoms. The summed E-state index contributed by atoms with van der Waals surface area (Å²) in [5, 5.41) is 2.71. The zero-order valence-electron chi connectivity index (χ0n) is 11.4. The predicted octanol–water partition coefficient (Wildman–Crippen LogP) is 1.42. The van der Waals surface area contributed by atoms with Crippen LogP contribution < -0.4 is 5.32 Å². The number of carbonyl (C=O) groups is 2. The maximum absolute atomic E-state index is 11.1. The van der Waals surface area contributed by atoms with Gasteiger partial charge in [-0.15, -0.1) is 0 Å². The minimum Gasteiger partial charge on any atom is -0.356 e. The van der Waals surface area contributed by atoms with E-state index in [1.54, 1.807) is 0 Å². The molecular formula is C15H17N3O2. The van der Waals surface area contributed by atoms with E-state index in [1.165, 1.54) is 6.92 Å². The molecule has 0 atom stereocenters. The molecule has 0 aliphatic heterocycles. The van der Waals surface area contributed by atoms with E-state index in [0.29, 0.717) is 25.3 Å². The molecule has 5 heteroatoms. The summed E-state index contributed by atoms with van der Waals surface area (Å²) in [5.74, 6) is 0.344. The molecule has 0 saturated carbocycles. The second-order valence-electron chi connectivity index (χ2n) is 4.55. The van der Waals surface area contributed by atoms with Crippen molar-refractivity contribution in [2.45, 2.75) is 19.9 Å². The summed E-state index contributed by atoms with van der Waals surface area (Å²) in [6.45, 7) is 2.61. The maximum Gasteiger partial charge on any atom is 0.216 e. The third-order valence-corrected chi connectivity index (χ3v) is 2.91. The van der Waals surface area contributed by atoms with E-state index in [2.05, 4.69) is 10.3 Å². The first-order valence-electron chi connectivity index (χ1n) is 6.48. The van der Waals surface area contributed by atoms with Gasteiger partial charge in [0, 0.05) is 32.6 Å². The lowest BCUT2D eigenvalue weighted by atomic mass is 10.2. The number of nitrogens with one attached hydrogen (secondary N) is 1. The summed E-state index contributed by atoms with van der Waals surface area (Å²) >= 11 is 0. The Morgan fingerprint density at radius 1 is 1.35 bits per heavy atom. The first-order chi connectivity index (χ1) is 9.69. The third kappa shape index (κ3) is 3.78. The maximum atomic E-state index is 11.1. The minimum atomic E-state index is -0.0654. The summed E-state index contributed by atoms with van der Waals surface area (Å²) in [6.07, 6.45) is 3.23. The van der Waals surface area contributed by atoms with Crippen LogP contribution >= 0.6 is 0 Å². The van der Waals surface area contributed by atoms with Gasteiger partial charge in [-0.3, -0.25) is 9.59 Å². The second-order valence-corrected chi connectivity index (χ2v) is 4.55. The van der Waals surface area contributed by atoms with Crippen molar-refractivity contribution >= 4 is 12.2 Å². The van der Waals surface area contributed by atoms with Gasteiger partial charge < -0.3 is 9.88 Å². The van der Waals surface area contributed by atoms with Crippen molar-refractivity contribution in [1.82, 2.24) is 14.9 Å². The van der Waals surface area contributed by atoms with Gasteiger partial charge in [0.2, 0.25) is 5.91 Å². The van der Waals surface area contributed by atoms with Crippen LogP contribution in [0.25, 0.3) is 0 Å². The molecule has 2 rings (SSSR count). The van der Waals surface area contributed by atoms with Crippen LogP contribution in [-0.4, -0.2) is 28.3 Å². The van der Waals surface area contributed by atoms with Crippen molar-refractivity contribution in [3.63, 3.8) is 0 Å². The van der Waals surface area contributed by atoms with Crippen LogP contribution in [0.2, 0.25) is 0 Å². The first kappa shape index (κ1) is 14.0. The van der Waals surface area contributed by atoms with Crippen LogP contribution in [0.5, 0.6) is 0 Å². The van der Waals surface area contributed by atoms with E-state index in [9.17, 15) is 9.59 Å². The van der Waals surface area contributed by atoms with Crippen LogP contribution in [0, 0.1) is 0 Å². The van der Waals surface area contributed by atoms with Gasteiger partial charge in [0.05, 0.1) is 5.69 Å². The molecule has 104 valence electrons. The Bertz CT molecular complexity index is 590. The number of benzene rings is 1. The van der Waals surface area contributed by atoms with E-state index < -0.39 is 0 Å². The van der Waals surface area contributed by atoms with Gasteiger partial charge >= 0.3 is 0 Å². The standard InChI is InChI=1S/C15H17N3O2/c1-12(20)16-8-7-14-10-18(15(11-19)17-14)9-13-5-3-2-4-6-13/h2-6,10-11H,7-9H2,1H3,(H,16,20). The number of aldehydes is 1. The van der Waals surface area contributed by atoms with E-state index in [-0.39, 0.29) is 5.91 Å². The van der Waals surface area contributed by atoms with Gasteiger partial charge in [-0.1, -0.05) is 30.3 Å². The molecule has 0 fully saturated rings. The Morgan fingerprint density at radius 3 is 2.75 bits per heavy atom. The molecule has 0 radical (unpaired) electrons. The fraction of sp³-hybridized carbons (Fsp3) is 0.267. The Hall–Kier alpha value is -2.43. The predicted molar refractivity (Wildman–Crippen MR) is 75.5 cm³/mol. The molecule has 0 aliphatic carbocycles. The molecule has 0 unspecified atom stereocenters. The molecule has 0 aliphatic rings. The lowest BCUT2D eigenvalue weighted by Gasteiger charge is -2.03. The van der Waals surface area contributed by atoms with Crippen LogP contribution in [0.3, 0.4) is 0 Å². The lowest BCUT2D eigenvalue weighted by molar-refractivity contribution is -0.118. The quantitative estimate of drug-likeness (QED) is 0.808. The van der Waals surface area contributed by atoms with Gasteiger partial charge in [0.15, 0.2) is 12.1 Å². The molecule has 0 saturated heterocycles. The Labute approximate surface area is 117 Å². The molecule has 2 aromatic rings. The Morgan fingerprint density at radius 2 is 2.10 bits per heavy atom. The number of hydrogen-bond acceptors (Lipinski definition) is 3. The van der Waals surface area contributed by atoms with Crippen molar-refractivity contribution in [2.24, 2.45) is 0 Å². The highest BCUT2D eigenvalue weighted by Crippen LogP contribution is 2.07. The van der Waals surface area contributed by atoms with E-state index >= 15 is 0 Å². The van der Waals surface area contributed by atoms with Crippen molar-refractivity contribution in [2.75, 3.05) is 6.54 Å². The number of carbonyl (C=O) groups excluding carboxylic acids is 2. The largest absolute Gasteiger partial charge is 0.356 e. The third-order valence-electron chi connectivity index (χ3n) is 2.91. The Kier molecular flexibility index (Phi) is 4.65. The number of nitrogens with zero attached hydrogens (tertiary/aromatic N) is 2. The van der Waals surface area contributed by atoms with Gasteiger partial charge in [-0.2, -0.15) is 0 Å². The summed E-state index contributed by atoms with van der Waals surface area (Å²) < 4.78 is 1.82. The highest BCUT2D eigenvalue weighted by molar-refractivity contribution is 5.72. The fourth-order valence-corrected chi connectivity index (χ4v) is 1.97. The monoisotopic (exact) mass is 271 g/mol. The van der Waals surface area contributed by atoms with Crippen molar-refractivity contribution in [3.8, 4) is 0 Å². The zero-order chi connectivity index (χ0) is 14.4. The molecule has 0 spiro atoms. The average molecular weight is 271 g/mol. The van der Waals surface area contributed by atoms with Gasteiger partial charge in [0.25, 0.3) is 0 Å². The van der Waals surface area contributed by atoms with Crippen molar-refractivity contribution in [3.05, 3.63) is 53.6 Å². The topological polar surface area (TPSA) is 64.0 Å². The van der Waals surface area contributed by atoms with Gasteiger partial charge in [0.1, 0.15) is 0 Å². The van der Waals surface area contributed by atoms with Crippen molar-refractivity contribution in [1.29, 1.82) is 0 Å². The smallest absolute Gasteiger partial charge is 0.216 e. The molecule has 1 N–H and O–H groups in total. The number of amides is 1. The normalized spacial score (nSPS) is 10.2. The zero-order valence-corrected chi connectivity index (χ0v) is 11.4. The lowest BCUT2D eigenvalue weighted by Crippen LogP contribution is -2.22. The molecule has 1 aromatic heterocycles. The minimum absolute atomic E-state index is 0.0654. The van der Waals surface area contributed by atoms with Crippen LogP contribution in [0.15, 0.2) is 36.5 Å². The highest BCUT2D eigenvalue weighted by atomic mass is 16.1. The molecule has 1 aromatic carbocycles. The summed E-state index contributed by atoms with van der Waals surface area (Å²) in [6, 6.07) is 9.89. The molecule has 1 amide bonds. The van der Waals surface area contributed by atoms with E-state index in [0.717, 1.165) is 17.5 Å². The first-order valence-corrected chi connectivity index (χ1v) is 6.48. The van der Waals surface area contributed by atoms with E-state index in [1.807, 2.05) is 41.1 Å². The van der Waals surface area contributed by atoms with Gasteiger partial charge in [-0.05, 0) is 5.56 Å². The number of hydrogen-bond donors (Lipinski definition) is 1. The fourth-order valence-electron chi connectivity index (χ4n) is 1.97. The van der Waals surface area contributed by atoms with Crippen LogP contribution in [0.1, 0.15) is 28.8 Å². The van der Waals surface area contributed by atoms with Gasteiger partial charge in [-0.25, -0.2) is 4.98 Å². The van der Waals surface area contributed by atoms with Crippen LogP contribution in [-0.2, 0) is 17.8 Å². The summed E-state index contributed by atoms with van der Waals surface area (Å²) in [5.41, 5.74) is 1.91. The van der Waals surface area contributed by atoms with E-state index in [4.69, 9.17) is 0 Å². The second kappa shape index (κ2) is 6.65. The highest BCUT2D eigenvalue weighted by Gasteiger charge is 2.07. The molecular weight excluding hydrogens is 254 g/mol. The molecule has 1 heterocycles. The molecule has 0 bridgehead atoms. The van der Waals surface area contributed by atoms with Crippen molar-refractivity contribution < 1.29 is 9.59 Å². The number of aromatic nitrogens is 2. The SMILES string of the molecule is CC(=O)NCCc1cn(Cc2ccccc2)c(C=O)n1. The summed E-state index contributed by atoms with van der Waals surface area (Å²) in [7, 11) is 0. The van der Waals surface area contributed by atoms with Crippen LogP contribution in [0.4, 0.5) is 0 Å².